The molecule has 5 nitrogen and oxygen atoms in total. The predicted molar refractivity (Wildman–Crippen MR) is 104 cm³/mol. The summed E-state index contributed by atoms with van der Waals surface area (Å²) in [5, 5.41) is 2.66. The summed E-state index contributed by atoms with van der Waals surface area (Å²) < 4.78 is 28.4. The van der Waals surface area contributed by atoms with Crippen molar-refractivity contribution in [2.75, 3.05) is 11.9 Å². The molecule has 0 aromatic heterocycles. The average Bonchev–Trinajstić information content (AvgIpc) is 2.46. The van der Waals surface area contributed by atoms with Gasteiger partial charge in [0.05, 0.1) is 11.4 Å². The van der Waals surface area contributed by atoms with Crippen LogP contribution in [0.15, 0.2) is 41.3 Å². The SMILES string of the molecule is Cc1cc(C)c(S(=O)(=O)NCC(=O)Nc2ccc(I)cc2)c(C)c1. The molecule has 0 atom stereocenters. The molecule has 7 heteroatoms. The minimum atomic E-state index is -3.74. The molecule has 2 aromatic carbocycles. The van der Waals surface area contributed by atoms with E-state index in [1.165, 1.54) is 0 Å². The highest BCUT2D eigenvalue weighted by molar-refractivity contribution is 14.1. The smallest absolute Gasteiger partial charge is 0.241 e. The van der Waals surface area contributed by atoms with Crippen LogP contribution < -0.4 is 10.0 Å². The molecular formula is C17H19IN2O3S. The summed E-state index contributed by atoms with van der Waals surface area (Å²) in [6.45, 7) is 5.10. The summed E-state index contributed by atoms with van der Waals surface area (Å²) in [6, 6.07) is 10.9. The van der Waals surface area contributed by atoms with Crippen LogP contribution >= 0.6 is 22.6 Å². The molecule has 2 N–H and O–H groups in total. The lowest BCUT2D eigenvalue weighted by atomic mass is 10.1. The van der Waals surface area contributed by atoms with Crippen molar-refractivity contribution in [3.05, 3.63) is 56.7 Å². The van der Waals surface area contributed by atoms with Gasteiger partial charge in [-0.15, -0.1) is 0 Å². The van der Waals surface area contributed by atoms with E-state index in [2.05, 4.69) is 32.6 Å². The van der Waals surface area contributed by atoms with E-state index in [1.54, 1.807) is 26.0 Å². The quantitative estimate of drug-likeness (QED) is 0.677. The number of hydrogen-bond acceptors (Lipinski definition) is 3. The van der Waals surface area contributed by atoms with Gasteiger partial charge in [-0.1, -0.05) is 17.7 Å². The zero-order valence-electron chi connectivity index (χ0n) is 13.7. The predicted octanol–water partition coefficient (Wildman–Crippen LogP) is 3.13. The van der Waals surface area contributed by atoms with Gasteiger partial charge >= 0.3 is 0 Å². The summed E-state index contributed by atoms with van der Waals surface area (Å²) in [7, 11) is -3.74. The molecule has 24 heavy (non-hydrogen) atoms. The number of amides is 1. The fraction of sp³-hybridized carbons (Fsp3) is 0.235. The Morgan fingerprint density at radius 3 is 2.12 bits per heavy atom. The lowest BCUT2D eigenvalue weighted by Crippen LogP contribution is -2.33. The number of carbonyl (C=O) groups is 1. The van der Waals surface area contributed by atoms with Crippen molar-refractivity contribution >= 4 is 44.2 Å². The van der Waals surface area contributed by atoms with Crippen LogP contribution in [0, 0.1) is 24.3 Å². The number of anilines is 1. The molecule has 0 saturated carbocycles. The first kappa shape index (κ1) is 18.9. The topological polar surface area (TPSA) is 75.3 Å². The highest BCUT2D eigenvalue weighted by Crippen LogP contribution is 2.21. The molecule has 0 bridgehead atoms. The molecule has 0 unspecified atom stereocenters. The van der Waals surface area contributed by atoms with Crippen LogP contribution in [0.3, 0.4) is 0 Å². The van der Waals surface area contributed by atoms with Gasteiger partial charge in [-0.25, -0.2) is 13.1 Å². The van der Waals surface area contributed by atoms with Crippen molar-refractivity contribution in [3.8, 4) is 0 Å². The van der Waals surface area contributed by atoms with E-state index in [1.807, 2.05) is 31.2 Å². The van der Waals surface area contributed by atoms with Crippen LogP contribution in [0.25, 0.3) is 0 Å². The molecule has 0 spiro atoms. The normalized spacial score (nSPS) is 11.3. The molecule has 2 rings (SSSR count). The third kappa shape index (κ3) is 4.78. The number of benzene rings is 2. The highest BCUT2D eigenvalue weighted by atomic mass is 127. The minimum absolute atomic E-state index is 0.232. The fourth-order valence-corrected chi connectivity index (χ4v) is 4.35. The summed E-state index contributed by atoms with van der Waals surface area (Å²) in [4.78, 5) is 12.2. The molecule has 0 aliphatic heterocycles. The number of rotatable bonds is 5. The summed E-state index contributed by atoms with van der Waals surface area (Å²) in [5.74, 6) is -0.415. The number of aryl methyl sites for hydroxylation is 3. The minimum Gasteiger partial charge on any atom is -0.325 e. The highest BCUT2D eigenvalue weighted by Gasteiger charge is 2.20. The molecule has 0 aliphatic rings. The molecule has 0 aliphatic carbocycles. The van der Waals surface area contributed by atoms with Gasteiger partial charge in [0.15, 0.2) is 0 Å². The van der Waals surface area contributed by atoms with Gasteiger partial charge in [0.1, 0.15) is 0 Å². The standard InChI is InChI=1S/C17H19IN2O3S/c1-11-8-12(2)17(13(3)9-11)24(22,23)19-10-16(21)20-15-6-4-14(18)5-7-15/h4-9,19H,10H2,1-3H3,(H,20,21). The van der Waals surface area contributed by atoms with Crippen molar-refractivity contribution < 1.29 is 13.2 Å². The maximum atomic E-state index is 12.5. The lowest BCUT2D eigenvalue weighted by molar-refractivity contribution is -0.115. The monoisotopic (exact) mass is 458 g/mol. The van der Waals surface area contributed by atoms with E-state index < -0.39 is 15.9 Å². The Hall–Kier alpha value is -1.45. The third-order valence-corrected chi connectivity index (χ3v) is 5.85. The van der Waals surface area contributed by atoms with Crippen molar-refractivity contribution in [1.82, 2.24) is 4.72 Å². The molecule has 0 heterocycles. The van der Waals surface area contributed by atoms with E-state index in [-0.39, 0.29) is 11.4 Å². The second-order valence-corrected chi connectivity index (χ2v) is 8.56. The van der Waals surface area contributed by atoms with Gasteiger partial charge < -0.3 is 5.32 Å². The van der Waals surface area contributed by atoms with Crippen molar-refractivity contribution in [2.45, 2.75) is 25.7 Å². The van der Waals surface area contributed by atoms with Gasteiger partial charge in [0, 0.05) is 9.26 Å². The number of sulfonamides is 1. The van der Waals surface area contributed by atoms with Crippen molar-refractivity contribution in [1.29, 1.82) is 0 Å². The first-order valence-electron chi connectivity index (χ1n) is 7.32. The van der Waals surface area contributed by atoms with Crippen LogP contribution in [0.2, 0.25) is 0 Å². The van der Waals surface area contributed by atoms with E-state index >= 15 is 0 Å². The van der Waals surface area contributed by atoms with Gasteiger partial charge in [-0.2, -0.15) is 0 Å². The first-order chi connectivity index (χ1) is 11.2. The maximum Gasteiger partial charge on any atom is 0.241 e. The second-order valence-electron chi connectivity index (χ2n) is 5.61. The summed E-state index contributed by atoms with van der Waals surface area (Å²) >= 11 is 2.17. The second kappa shape index (κ2) is 7.62. The zero-order chi connectivity index (χ0) is 17.9. The summed E-state index contributed by atoms with van der Waals surface area (Å²) in [5.41, 5.74) is 2.96. The molecular weight excluding hydrogens is 439 g/mol. The van der Waals surface area contributed by atoms with Crippen molar-refractivity contribution in [2.24, 2.45) is 0 Å². The Labute approximate surface area is 156 Å². The molecule has 2 aromatic rings. The van der Waals surface area contributed by atoms with Gasteiger partial charge in [-0.05, 0) is 78.8 Å². The van der Waals surface area contributed by atoms with Crippen LogP contribution in [0.1, 0.15) is 16.7 Å². The van der Waals surface area contributed by atoms with Crippen LogP contribution in [0.5, 0.6) is 0 Å². The Morgan fingerprint density at radius 1 is 1.04 bits per heavy atom. The van der Waals surface area contributed by atoms with E-state index in [4.69, 9.17) is 0 Å². The Bertz CT molecular complexity index is 839. The molecule has 0 radical (unpaired) electrons. The molecule has 128 valence electrons. The maximum absolute atomic E-state index is 12.5. The Morgan fingerprint density at radius 2 is 1.58 bits per heavy atom. The Kier molecular flexibility index (Phi) is 6.00. The van der Waals surface area contributed by atoms with Gasteiger partial charge in [-0.3, -0.25) is 4.79 Å². The van der Waals surface area contributed by atoms with Gasteiger partial charge in [0.25, 0.3) is 0 Å². The number of carbonyl (C=O) groups excluding carboxylic acids is 1. The fourth-order valence-electron chi connectivity index (χ4n) is 2.56. The largest absolute Gasteiger partial charge is 0.325 e. The van der Waals surface area contributed by atoms with Crippen LogP contribution in [0.4, 0.5) is 5.69 Å². The summed E-state index contributed by atoms with van der Waals surface area (Å²) in [6.07, 6.45) is 0. The molecule has 1 amide bonds. The molecule has 0 saturated heterocycles. The number of hydrogen-bond donors (Lipinski definition) is 2. The number of halogens is 1. The van der Waals surface area contributed by atoms with Crippen molar-refractivity contribution in [3.63, 3.8) is 0 Å². The van der Waals surface area contributed by atoms with E-state index in [0.29, 0.717) is 16.8 Å². The van der Waals surface area contributed by atoms with E-state index in [9.17, 15) is 13.2 Å². The zero-order valence-corrected chi connectivity index (χ0v) is 16.7. The average molecular weight is 458 g/mol. The number of nitrogens with one attached hydrogen (secondary N) is 2. The lowest BCUT2D eigenvalue weighted by Gasteiger charge is -2.13. The van der Waals surface area contributed by atoms with Crippen LogP contribution in [-0.2, 0) is 14.8 Å². The Balaban J connectivity index is 2.07. The first-order valence-corrected chi connectivity index (χ1v) is 9.88. The third-order valence-electron chi connectivity index (χ3n) is 3.42. The van der Waals surface area contributed by atoms with Gasteiger partial charge in [0.2, 0.25) is 15.9 Å². The van der Waals surface area contributed by atoms with Crippen LogP contribution in [-0.4, -0.2) is 20.9 Å². The van der Waals surface area contributed by atoms with E-state index in [0.717, 1.165) is 9.13 Å². The molecule has 0 fully saturated rings.